The minimum Gasteiger partial charge on any atom is -0.492 e. The lowest BCUT2D eigenvalue weighted by atomic mass is 10.2. The zero-order valence-electron chi connectivity index (χ0n) is 8.23. The maximum Gasteiger partial charge on any atom is 0.471 e. The predicted molar refractivity (Wildman–Crippen MR) is 45.6 cm³/mol. The normalized spacial score (nSPS) is 12.3. The average molecular weight is 274 g/mol. The maximum absolute atomic E-state index is 12.2. The minimum absolute atomic E-state index is 0.145. The standard InChI is InChI=1S/C8H4F6N2O2/c9-7(10,11)3-1-4(5(17)15-2-3)16-6(18)8(12,13)14/h1-2H,(H,15,17)(H,16,18). The Labute approximate surface area is 95.2 Å². The van der Waals surface area contributed by atoms with Crippen LogP contribution in [0.1, 0.15) is 5.56 Å². The van der Waals surface area contributed by atoms with Gasteiger partial charge in [-0.1, -0.05) is 0 Å². The van der Waals surface area contributed by atoms with Gasteiger partial charge in [0, 0.05) is 6.20 Å². The molecule has 0 spiro atoms. The number of halogens is 6. The molecule has 0 unspecified atom stereocenters. The first-order valence-electron chi connectivity index (χ1n) is 4.16. The van der Waals surface area contributed by atoms with E-state index >= 15 is 0 Å². The molecule has 1 aromatic heterocycles. The van der Waals surface area contributed by atoms with Crippen molar-refractivity contribution in [1.82, 2.24) is 4.98 Å². The van der Waals surface area contributed by atoms with Crippen molar-refractivity contribution in [2.24, 2.45) is 0 Å². The van der Waals surface area contributed by atoms with Gasteiger partial charge in [0.2, 0.25) is 5.88 Å². The Bertz CT molecular complexity index is 468. The number of aromatic nitrogens is 1. The van der Waals surface area contributed by atoms with Crippen LogP contribution >= 0.6 is 0 Å². The number of anilines is 1. The highest BCUT2D eigenvalue weighted by Gasteiger charge is 2.39. The summed E-state index contributed by atoms with van der Waals surface area (Å²) in [4.78, 5) is 13.3. The van der Waals surface area contributed by atoms with E-state index in [2.05, 4.69) is 4.98 Å². The lowest BCUT2D eigenvalue weighted by Gasteiger charge is -2.11. The largest absolute Gasteiger partial charge is 0.492 e. The number of rotatable bonds is 1. The third-order valence-corrected chi connectivity index (χ3v) is 1.70. The van der Waals surface area contributed by atoms with E-state index in [1.54, 1.807) is 0 Å². The first kappa shape index (κ1) is 14.1. The second-order valence-electron chi connectivity index (χ2n) is 3.04. The molecule has 0 aromatic carbocycles. The number of amides is 1. The third kappa shape index (κ3) is 3.25. The molecule has 0 radical (unpaired) electrons. The van der Waals surface area contributed by atoms with Crippen LogP contribution < -0.4 is 5.32 Å². The Hall–Kier alpha value is -2.00. The molecule has 1 aromatic rings. The van der Waals surface area contributed by atoms with Crippen LogP contribution in [0.25, 0.3) is 0 Å². The number of hydrogen-bond acceptors (Lipinski definition) is 3. The second-order valence-corrected chi connectivity index (χ2v) is 3.04. The summed E-state index contributed by atoms with van der Waals surface area (Å²) in [5.41, 5.74) is -2.48. The molecule has 0 aliphatic heterocycles. The maximum atomic E-state index is 12.2. The van der Waals surface area contributed by atoms with Crippen molar-refractivity contribution in [3.63, 3.8) is 0 Å². The van der Waals surface area contributed by atoms with Gasteiger partial charge in [0.15, 0.2) is 0 Å². The number of aromatic hydroxyl groups is 1. The number of nitrogens with one attached hydrogen (secondary N) is 1. The van der Waals surface area contributed by atoms with Crippen molar-refractivity contribution in [2.45, 2.75) is 12.4 Å². The fraction of sp³-hybridized carbons (Fsp3) is 0.250. The second kappa shape index (κ2) is 4.35. The average Bonchev–Trinajstić information content (AvgIpc) is 2.18. The number of carbonyl (C=O) groups is 1. The smallest absolute Gasteiger partial charge is 0.471 e. The minimum atomic E-state index is -5.29. The van der Waals surface area contributed by atoms with Gasteiger partial charge in [0.1, 0.15) is 5.69 Å². The highest BCUT2D eigenvalue weighted by Crippen LogP contribution is 2.33. The van der Waals surface area contributed by atoms with Gasteiger partial charge in [0.05, 0.1) is 5.56 Å². The molecule has 0 bridgehead atoms. The molecule has 0 saturated carbocycles. The molecule has 0 fully saturated rings. The molecular weight excluding hydrogens is 270 g/mol. The Morgan fingerprint density at radius 3 is 2.22 bits per heavy atom. The first-order chi connectivity index (χ1) is 8.01. The molecule has 4 nitrogen and oxygen atoms in total. The van der Waals surface area contributed by atoms with Crippen molar-refractivity contribution in [1.29, 1.82) is 0 Å². The van der Waals surface area contributed by atoms with Gasteiger partial charge < -0.3 is 10.4 Å². The Morgan fingerprint density at radius 1 is 1.22 bits per heavy atom. The molecule has 0 aliphatic rings. The van der Waals surface area contributed by atoms with Gasteiger partial charge in [-0.25, -0.2) is 4.98 Å². The van der Waals surface area contributed by atoms with Crippen LogP contribution in [-0.2, 0) is 11.0 Å². The molecule has 1 amide bonds. The Morgan fingerprint density at radius 2 is 1.78 bits per heavy atom. The van der Waals surface area contributed by atoms with Crippen molar-refractivity contribution < 1.29 is 36.2 Å². The quantitative estimate of drug-likeness (QED) is 0.772. The molecule has 0 aliphatic carbocycles. The van der Waals surface area contributed by atoms with Crippen molar-refractivity contribution in [3.05, 3.63) is 17.8 Å². The number of pyridine rings is 1. The number of carbonyl (C=O) groups excluding carboxylic acids is 1. The van der Waals surface area contributed by atoms with Crippen LogP contribution in [0, 0.1) is 0 Å². The topological polar surface area (TPSA) is 62.2 Å². The number of alkyl halides is 6. The van der Waals surface area contributed by atoms with E-state index < -0.39 is 35.4 Å². The monoisotopic (exact) mass is 274 g/mol. The van der Waals surface area contributed by atoms with E-state index in [9.17, 15) is 31.1 Å². The summed E-state index contributed by atoms with van der Waals surface area (Å²) in [6.45, 7) is 0. The van der Waals surface area contributed by atoms with E-state index in [-0.39, 0.29) is 12.3 Å². The molecule has 2 N–H and O–H groups in total. The van der Waals surface area contributed by atoms with E-state index in [0.29, 0.717) is 0 Å². The zero-order chi connectivity index (χ0) is 14.1. The lowest BCUT2D eigenvalue weighted by Crippen LogP contribution is -2.30. The summed E-state index contributed by atoms with van der Waals surface area (Å²) >= 11 is 0. The van der Waals surface area contributed by atoms with Gasteiger partial charge >= 0.3 is 18.3 Å². The summed E-state index contributed by atoms with van der Waals surface area (Å²) in [5.74, 6) is -3.67. The van der Waals surface area contributed by atoms with E-state index in [1.165, 1.54) is 0 Å². The molecule has 100 valence electrons. The summed E-state index contributed by atoms with van der Waals surface area (Å²) in [6, 6.07) is 0.145. The molecular formula is C8H4F6N2O2. The van der Waals surface area contributed by atoms with Crippen LogP contribution in [-0.4, -0.2) is 22.2 Å². The number of nitrogens with zero attached hydrogens (tertiary/aromatic N) is 1. The summed E-state index contributed by atoms with van der Waals surface area (Å²) in [5, 5.41) is 10.0. The van der Waals surface area contributed by atoms with Gasteiger partial charge in [0.25, 0.3) is 0 Å². The molecule has 0 atom stereocenters. The van der Waals surface area contributed by atoms with Crippen molar-refractivity contribution in [2.75, 3.05) is 5.32 Å². The van der Waals surface area contributed by atoms with Crippen LogP contribution in [0.3, 0.4) is 0 Å². The van der Waals surface area contributed by atoms with Crippen LogP contribution in [0.2, 0.25) is 0 Å². The highest BCUT2D eigenvalue weighted by atomic mass is 19.4. The molecule has 1 rings (SSSR count). The SMILES string of the molecule is O=C(Nc1cc(C(F)(F)F)cnc1O)C(F)(F)F. The van der Waals surface area contributed by atoms with Crippen LogP contribution in [0.4, 0.5) is 32.0 Å². The molecule has 10 heteroatoms. The summed E-state index contributed by atoms with van der Waals surface area (Å²) in [7, 11) is 0. The molecule has 18 heavy (non-hydrogen) atoms. The predicted octanol–water partition coefficient (Wildman–Crippen LogP) is 2.31. The van der Waals surface area contributed by atoms with Crippen molar-refractivity contribution in [3.8, 4) is 5.88 Å². The van der Waals surface area contributed by atoms with Gasteiger partial charge in [-0.05, 0) is 6.07 Å². The van der Waals surface area contributed by atoms with Gasteiger partial charge in [-0.3, -0.25) is 4.79 Å². The fourth-order valence-corrected chi connectivity index (χ4v) is 0.898. The fourth-order valence-electron chi connectivity index (χ4n) is 0.898. The lowest BCUT2D eigenvalue weighted by molar-refractivity contribution is -0.167. The third-order valence-electron chi connectivity index (χ3n) is 1.70. The zero-order valence-corrected chi connectivity index (χ0v) is 8.23. The molecule has 0 saturated heterocycles. The van der Waals surface area contributed by atoms with Crippen LogP contribution in [0.5, 0.6) is 5.88 Å². The van der Waals surface area contributed by atoms with Crippen molar-refractivity contribution >= 4 is 11.6 Å². The van der Waals surface area contributed by atoms with Crippen LogP contribution in [0.15, 0.2) is 12.3 Å². The Kier molecular flexibility index (Phi) is 3.40. The highest BCUT2D eigenvalue weighted by molar-refractivity contribution is 5.95. The molecule has 1 heterocycles. The summed E-state index contributed by atoms with van der Waals surface area (Å²) in [6.07, 6.45) is -9.93. The Balaban J connectivity index is 3.06. The number of hydrogen-bond donors (Lipinski definition) is 2. The van der Waals surface area contributed by atoms with Gasteiger partial charge in [-0.15, -0.1) is 0 Å². The summed E-state index contributed by atoms with van der Waals surface area (Å²) < 4.78 is 72.2. The van der Waals surface area contributed by atoms with E-state index in [0.717, 1.165) is 5.32 Å². The van der Waals surface area contributed by atoms with E-state index in [1.807, 2.05) is 0 Å². The van der Waals surface area contributed by atoms with Gasteiger partial charge in [-0.2, -0.15) is 26.3 Å². The first-order valence-corrected chi connectivity index (χ1v) is 4.16. The van der Waals surface area contributed by atoms with E-state index in [4.69, 9.17) is 5.11 Å².